The molecule has 7 nitrogen and oxygen atoms in total. The Morgan fingerprint density at radius 1 is 1.18 bits per heavy atom. The molecule has 0 aliphatic rings. The number of nitrogens with zero attached hydrogens (tertiary/aromatic N) is 2. The van der Waals surface area contributed by atoms with E-state index in [1.54, 1.807) is 36.1 Å². The highest BCUT2D eigenvalue weighted by Crippen LogP contribution is 2.29. The van der Waals surface area contributed by atoms with E-state index in [4.69, 9.17) is 9.47 Å². The maximum atomic E-state index is 12.0. The number of anilines is 2. The normalized spacial score (nSPS) is 10.4. The Hall–Kier alpha value is -2.70. The van der Waals surface area contributed by atoms with Crippen LogP contribution in [0.1, 0.15) is 19.9 Å². The van der Waals surface area contributed by atoms with Gasteiger partial charge in [0, 0.05) is 24.4 Å². The molecule has 7 heteroatoms. The largest absolute Gasteiger partial charge is 0.497 e. The molecule has 2 N–H and O–H groups in total. The fourth-order valence-corrected chi connectivity index (χ4v) is 1.86. The van der Waals surface area contributed by atoms with Crippen molar-refractivity contribution in [1.29, 1.82) is 0 Å². The number of carbonyl (C=O) groups excluding carboxylic acids is 1. The van der Waals surface area contributed by atoms with Gasteiger partial charge in [-0.2, -0.15) is 5.10 Å². The Morgan fingerprint density at radius 3 is 2.55 bits per heavy atom. The zero-order valence-electron chi connectivity index (χ0n) is 13.1. The summed E-state index contributed by atoms with van der Waals surface area (Å²) >= 11 is 0. The number of rotatable bonds is 5. The Labute approximate surface area is 129 Å². The predicted molar refractivity (Wildman–Crippen MR) is 84.8 cm³/mol. The first-order valence-electron chi connectivity index (χ1n) is 6.88. The highest BCUT2D eigenvalue weighted by Gasteiger charge is 2.10. The van der Waals surface area contributed by atoms with Crippen LogP contribution < -0.4 is 20.1 Å². The third-order valence-corrected chi connectivity index (χ3v) is 3.04. The summed E-state index contributed by atoms with van der Waals surface area (Å²) in [5.41, 5.74) is 0.545. The smallest absolute Gasteiger partial charge is 0.325 e. The number of urea groups is 1. The number of amides is 2. The zero-order chi connectivity index (χ0) is 16.1. The van der Waals surface area contributed by atoms with Crippen LogP contribution in [-0.2, 0) is 0 Å². The van der Waals surface area contributed by atoms with E-state index < -0.39 is 6.03 Å². The first kappa shape index (κ1) is 15.7. The topological polar surface area (TPSA) is 77.4 Å². The average Bonchev–Trinajstić information content (AvgIpc) is 2.96. The van der Waals surface area contributed by atoms with Crippen molar-refractivity contribution in [2.75, 3.05) is 24.9 Å². The molecule has 0 radical (unpaired) electrons. The monoisotopic (exact) mass is 304 g/mol. The number of carbonyl (C=O) groups is 1. The van der Waals surface area contributed by atoms with Crippen LogP contribution in [0.2, 0.25) is 0 Å². The molecule has 2 aromatic rings. The molecule has 22 heavy (non-hydrogen) atoms. The minimum absolute atomic E-state index is 0.236. The van der Waals surface area contributed by atoms with E-state index in [9.17, 15) is 4.79 Å². The fraction of sp³-hybridized carbons (Fsp3) is 0.333. The van der Waals surface area contributed by atoms with E-state index in [0.29, 0.717) is 23.0 Å². The number of ether oxygens (including phenoxy) is 2. The minimum atomic E-state index is -0.391. The standard InChI is InChI=1S/C15H20N4O3/c1-10(2)19-8-7-14(18-19)17-15(20)16-12-6-5-11(21-3)9-13(12)22-4/h5-10H,1-4H3,(H2,16,17,18,20). The van der Waals surface area contributed by atoms with Gasteiger partial charge in [-0.1, -0.05) is 0 Å². The lowest BCUT2D eigenvalue weighted by molar-refractivity contribution is 0.262. The minimum Gasteiger partial charge on any atom is -0.497 e. The Morgan fingerprint density at radius 2 is 1.95 bits per heavy atom. The lowest BCUT2D eigenvalue weighted by atomic mass is 10.2. The van der Waals surface area contributed by atoms with Gasteiger partial charge < -0.3 is 14.8 Å². The number of nitrogens with one attached hydrogen (secondary N) is 2. The van der Waals surface area contributed by atoms with E-state index in [2.05, 4.69) is 15.7 Å². The van der Waals surface area contributed by atoms with Crippen molar-refractivity contribution in [3.05, 3.63) is 30.5 Å². The number of benzene rings is 1. The van der Waals surface area contributed by atoms with Crippen LogP contribution >= 0.6 is 0 Å². The van der Waals surface area contributed by atoms with Crippen LogP contribution in [-0.4, -0.2) is 30.0 Å². The van der Waals surface area contributed by atoms with Gasteiger partial charge in [-0.15, -0.1) is 0 Å². The molecule has 0 spiro atoms. The second-order valence-corrected chi connectivity index (χ2v) is 4.92. The van der Waals surface area contributed by atoms with Crippen LogP contribution in [0.5, 0.6) is 11.5 Å². The van der Waals surface area contributed by atoms with Gasteiger partial charge in [-0.05, 0) is 26.0 Å². The summed E-state index contributed by atoms with van der Waals surface area (Å²) in [5, 5.41) is 9.65. The van der Waals surface area contributed by atoms with Crippen LogP contribution in [0, 0.1) is 0 Å². The third kappa shape index (κ3) is 3.69. The molecule has 0 saturated heterocycles. The summed E-state index contributed by atoms with van der Waals surface area (Å²) in [5.74, 6) is 1.65. The molecular formula is C15H20N4O3. The van der Waals surface area contributed by atoms with Crippen molar-refractivity contribution in [2.24, 2.45) is 0 Å². The highest BCUT2D eigenvalue weighted by molar-refractivity contribution is 6.00. The maximum Gasteiger partial charge on any atom is 0.325 e. The van der Waals surface area contributed by atoms with Gasteiger partial charge in [0.1, 0.15) is 11.5 Å². The maximum absolute atomic E-state index is 12.0. The molecule has 0 atom stereocenters. The Balaban J connectivity index is 2.05. The molecule has 2 rings (SSSR count). The Bertz CT molecular complexity index is 652. The van der Waals surface area contributed by atoms with Crippen LogP contribution in [0.25, 0.3) is 0 Å². The summed E-state index contributed by atoms with van der Waals surface area (Å²) in [7, 11) is 3.10. The Kier molecular flexibility index (Phi) is 4.88. The van der Waals surface area contributed by atoms with E-state index in [1.165, 1.54) is 7.11 Å². The lowest BCUT2D eigenvalue weighted by Gasteiger charge is -2.11. The van der Waals surface area contributed by atoms with Crippen molar-refractivity contribution in [1.82, 2.24) is 9.78 Å². The van der Waals surface area contributed by atoms with Gasteiger partial charge in [0.2, 0.25) is 0 Å². The summed E-state index contributed by atoms with van der Waals surface area (Å²) in [4.78, 5) is 12.0. The molecule has 0 bridgehead atoms. The second kappa shape index (κ2) is 6.84. The predicted octanol–water partition coefficient (Wildman–Crippen LogP) is 3.13. The van der Waals surface area contributed by atoms with Gasteiger partial charge >= 0.3 is 6.03 Å². The molecule has 0 saturated carbocycles. The SMILES string of the molecule is COc1ccc(NC(=O)Nc2ccn(C(C)C)n2)c(OC)c1. The molecule has 0 aliphatic heterocycles. The van der Waals surface area contributed by atoms with Gasteiger partial charge in [-0.25, -0.2) is 4.79 Å². The summed E-state index contributed by atoms with van der Waals surface area (Å²) in [6.45, 7) is 4.03. The first-order chi connectivity index (χ1) is 10.5. The summed E-state index contributed by atoms with van der Waals surface area (Å²) in [6.07, 6.45) is 1.81. The average molecular weight is 304 g/mol. The van der Waals surface area contributed by atoms with Gasteiger partial charge in [-0.3, -0.25) is 10.00 Å². The third-order valence-electron chi connectivity index (χ3n) is 3.04. The van der Waals surface area contributed by atoms with Crippen LogP contribution in [0.4, 0.5) is 16.3 Å². The van der Waals surface area contributed by atoms with Crippen LogP contribution in [0.15, 0.2) is 30.5 Å². The highest BCUT2D eigenvalue weighted by atomic mass is 16.5. The van der Waals surface area contributed by atoms with Crippen molar-refractivity contribution < 1.29 is 14.3 Å². The van der Waals surface area contributed by atoms with E-state index in [1.807, 2.05) is 20.0 Å². The number of hydrogen-bond acceptors (Lipinski definition) is 4. The number of methoxy groups -OCH3 is 2. The second-order valence-electron chi connectivity index (χ2n) is 4.92. The van der Waals surface area contributed by atoms with Crippen LogP contribution in [0.3, 0.4) is 0 Å². The zero-order valence-corrected chi connectivity index (χ0v) is 13.1. The lowest BCUT2D eigenvalue weighted by Crippen LogP contribution is -2.20. The van der Waals surface area contributed by atoms with E-state index >= 15 is 0 Å². The van der Waals surface area contributed by atoms with Crippen molar-refractivity contribution in [3.8, 4) is 11.5 Å². The number of hydrogen-bond donors (Lipinski definition) is 2. The molecule has 1 heterocycles. The van der Waals surface area contributed by atoms with Crippen molar-refractivity contribution in [3.63, 3.8) is 0 Å². The van der Waals surface area contributed by atoms with E-state index in [0.717, 1.165) is 0 Å². The summed E-state index contributed by atoms with van der Waals surface area (Å²) in [6, 6.07) is 6.74. The van der Waals surface area contributed by atoms with Gasteiger partial charge in [0.05, 0.1) is 19.9 Å². The molecular weight excluding hydrogens is 284 g/mol. The van der Waals surface area contributed by atoms with Gasteiger partial charge in [0.25, 0.3) is 0 Å². The molecule has 0 fully saturated rings. The molecule has 1 aromatic carbocycles. The van der Waals surface area contributed by atoms with Crippen molar-refractivity contribution >= 4 is 17.5 Å². The van der Waals surface area contributed by atoms with E-state index in [-0.39, 0.29) is 6.04 Å². The van der Waals surface area contributed by atoms with Crippen molar-refractivity contribution in [2.45, 2.75) is 19.9 Å². The first-order valence-corrected chi connectivity index (χ1v) is 6.88. The molecule has 0 aliphatic carbocycles. The molecule has 0 unspecified atom stereocenters. The number of aromatic nitrogens is 2. The fourth-order valence-electron chi connectivity index (χ4n) is 1.86. The quantitative estimate of drug-likeness (QED) is 0.889. The molecule has 1 aromatic heterocycles. The molecule has 118 valence electrons. The summed E-state index contributed by atoms with van der Waals surface area (Å²) < 4.78 is 12.1. The van der Waals surface area contributed by atoms with Gasteiger partial charge in [0.15, 0.2) is 5.82 Å². The molecule has 2 amide bonds.